The van der Waals surface area contributed by atoms with E-state index in [-0.39, 0.29) is 36.5 Å². The minimum atomic E-state index is -1.42. The third-order valence-electron chi connectivity index (χ3n) is 11.4. The van der Waals surface area contributed by atoms with Crippen LogP contribution in [0.5, 0.6) is 0 Å². The molecular weight excluding hydrogens is 636 g/mol. The van der Waals surface area contributed by atoms with Gasteiger partial charge in [0, 0.05) is 50.9 Å². The summed E-state index contributed by atoms with van der Waals surface area (Å²) in [7, 11) is 5.52. The molecule has 0 bridgehead atoms. The third-order valence-corrected chi connectivity index (χ3v) is 11.4. The Bertz CT molecular complexity index is 1260. The highest BCUT2D eigenvalue weighted by Gasteiger charge is 2.51. The summed E-state index contributed by atoms with van der Waals surface area (Å²) in [6.45, 7) is 18.1. The second-order valence-electron chi connectivity index (χ2n) is 16.3. The summed E-state index contributed by atoms with van der Waals surface area (Å²) in [6.07, 6.45) is 4.07. The van der Waals surface area contributed by atoms with Gasteiger partial charge in [-0.25, -0.2) is 0 Å². The SMILES string of the molecule is CCCN1C[C@H](C)C[C@@](C)(OC)[C@H](O[C@@H]2O[C@H](C)C[C@H](N(C)C)[C@H]2O)[C@@H](C)C(=O)C(C)(C)C(=O)OC[C@H]1CCCN1CCc2cccnc2C1. The summed E-state index contributed by atoms with van der Waals surface area (Å²) in [6, 6.07) is 4.02. The second-order valence-corrected chi connectivity index (χ2v) is 16.3. The van der Waals surface area contributed by atoms with E-state index < -0.39 is 41.4 Å². The molecule has 0 unspecified atom stereocenters. The van der Waals surface area contributed by atoms with Crippen LogP contribution in [0.1, 0.15) is 91.8 Å². The minimum absolute atomic E-state index is 0.0109. The van der Waals surface area contributed by atoms with Gasteiger partial charge in [0.15, 0.2) is 12.1 Å². The topological polar surface area (TPSA) is 114 Å². The van der Waals surface area contributed by atoms with Crippen molar-refractivity contribution >= 4 is 11.8 Å². The van der Waals surface area contributed by atoms with Crippen molar-refractivity contribution in [2.45, 2.75) is 136 Å². The van der Waals surface area contributed by atoms with E-state index in [2.05, 4.69) is 34.7 Å². The van der Waals surface area contributed by atoms with Crippen LogP contribution in [0.4, 0.5) is 0 Å². The van der Waals surface area contributed by atoms with Crippen molar-refractivity contribution in [2.24, 2.45) is 17.3 Å². The molecule has 3 aliphatic heterocycles. The Morgan fingerprint density at radius 1 is 1.14 bits per heavy atom. The van der Waals surface area contributed by atoms with Gasteiger partial charge < -0.3 is 29.0 Å². The quantitative estimate of drug-likeness (QED) is 0.278. The molecule has 0 spiro atoms. The molecule has 0 amide bonds. The lowest BCUT2D eigenvalue weighted by Crippen LogP contribution is -2.59. The average molecular weight is 703 g/mol. The van der Waals surface area contributed by atoms with Gasteiger partial charge in [-0.1, -0.05) is 26.8 Å². The standard InChI is InChI=1S/C39H66N4O7/c1-11-18-43-23-26(2)22-39(7,47-10)35(50-36-33(44)32(41(8)9)21-27(3)49-36)28(4)34(45)38(5,6)37(46)48-25-30(43)15-13-19-42-20-16-29-14-12-17-40-31(29)24-42/h12,14,17,26-28,30,32-33,35-36,44H,11,13,15-16,18-25H2,1-10H3/t26-,27-,28+,30-,32+,33-,35-,36+,39-/m1/s1. The predicted molar refractivity (Wildman–Crippen MR) is 194 cm³/mol. The zero-order chi connectivity index (χ0) is 36.8. The molecule has 1 aromatic heterocycles. The maximum absolute atomic E-state index is 14.3. The van der Waals surface area contributed by atoms with Gasteiger partial charge in [-0.15, -0.1) is 0 Å². The Morgan fingerprint density at radius 2 is 1.88 bits per heavy atom. The molecule has 1 aromatic rings. The van der Waals surface area contributed by atoms with E-state index in [4.69, 9.17) is 18.9 Å². The van der Waals surface area contributed by atoms with E-state index in [0.29, 0.717) is 12.8 Å². The number of Topliss-reactive ketones (excluding diaryl/α,β-unsaturated/α-hetero) is 1. The third kappa shape index (κ3) is 9.70. The van der Waals surface area contributed by atoms with Crippen LogP contribution in [0.2, 0.25) is 0 Å². The number of esters is 1. The monoisotopic (exact) mass is 702 g/mol. The minimum Gasteiger partial charge on any atom is -0.463 e. The number of fused-ring (bicyclic) bond motifs is 1. The molecule has 4 rings (SSSR count). The van der Waals surface area contributed by atoms with E-state index in [1.807, 2.05) is 45.1 Å². The summed E-state index contributed by atoms with van der Waals surface area (Å²) in [5.41, 5.74) is 0.157. The van der Waals surface area contributed by atoms with E-state index >= 15 is 0 Å². The van der Waals surface area contributed by atoms with Gasteiger partial charge in [-0.05, 0) is 111 Å². The average Bonchev–Trinajstić information content (AvgIpc) is 3.08. The van der Waals surface area contributed by atoms with Crippen molar-refractivity contribution in [2.75, 3.05) is 54.0 Å². The van der Waals surface area contributed by atoms with Crippen LogP contribution in [-0.2, 0) is 41.5 Å². The number of carbonyl (C=O) groups excluding carboxylic acids is 2. The fraction of sp³-hybridized carbons (Fsp3) is 0.821. The molecule has 3 aliphatic rings. The predicted octanol–water partition coefficient (Wildman–Crippen LogP) is 4.33. The number of pyridine rings is 1. The van der Waals surface area contributed by atoms with Crippen LogP contribution in [0.3, 0.4) is 0 Å². The molecule has 0 aliphatic carbocycles. The van der Waals surface area contributed by atoms with Gasteiger partial charge >= 0.3 is 5.97 Å². The Balaban J connectivity index is 1.58. The van der Waals surface area contributed by atoms with Crippen LogP contribution in [-0.4, -0.2) is 133 Å². The second kappa shape index (κ2) is 17.7. The maximum atomic E-state index is 14.3. The molecule has 2 saturated heterocycles. The summed E-state index contributed by atoms with van der Waals surface area (Å²) in [5.74, 6) is -1.42. The zero-order valence-electron chi connectivity index (χ0n) is 32.5. The number of aromatic nitrogens is 1. The van der Waals surface area contributed by atoms with E-state index in [9.17, 15) is 14.7 Å². The molecule has 50 heavy (non-hydrogen) atoms. The number of carbonyl (C=O) groups is 2. The smallest absolute Gasteiger partial charge is 0.319 e. The number of hydrogen-bond donors (Lipinski definition) is 1. The largest absolute Gasteiger partial charge is 0.463 e. The summed E-state index contributed by atoms with van der Waals surface area (Å²) >= 11 is 0. The Kier molecular flexibility index (Phi) is 14.4. The van der Waals surface area contributed by atoms with Crippen LogP contribution in [0, 0.1) is 17.3 Å². The van der Waals surface area contributed by atoms with Gasteiger partial charge in [0.1, 0.15) is 18.1 Å². The molecule has 11 heteroatoms. The first-order valence-electron chi connectivity index (χ1n) is 18.9. The zero-order valence-corrected chi connectivity index (χ0v) is 32.5. The highest BCUT2D eigenvalue weighted by molar-refractivity contribution is 6.04. The van der Waals surface area contributed by atoms with Crippen molar-refractivity contribution in [3.8, 4) is 0 Å². The molecule has 0 saturated carbocycles. The number of rotatable bonds is 10. The molecule has 2 fully saturated rings. The van der Waals surface area contributed by atoms with Crippen molar-refractivity contribution in [1.29, 1.82) is 0 Å². The lowest BCUT2D eigenvalue weighted by molar-refractivity contribution is -0.295. The van der Waals surface area contributed by atoms with Gasteiger partial charge in [0.25, 0.3) is 0 Å². The van der Waals surface area contributed by atoms with Crippen LogP contribution < -0.4 is 0 Å². The summed E-state index contributed by atoms with van der Waals surface area (Å²) in [5, 5.41) is 11.4. The van der Waals surface area contributed by atoms with Gasteiger partial charge in [-0.3, -0.25) is 24.4 Å². The van der Waals surface area contributed by atoms with E-state index in [1.165, 1.54) is 5.56 Å². The fourth-order valence-electron chi connectivity index (χ4n) is 8.46. The van der Waals surface area contributed by atoms with Gasteiger partial charge in [0.05, 0.1) is 23.5 Å². The number of ketones is 1. The molecular formula is C39H66N4O7. The first-order valence-corrected chi connectivity index (χ1v) is 18.9. The first kappa shape index (κ1) is 40.8. The maximum Gasteiger partial charge on any atom is 0.319 e. The van der Waals surface area contributed by atoms with Crippen LogP contribution >= 0.6 is 0 Å². The number of nitrogens with zero attached hydrogens (tertiary/aromatic N) is 4. The number of hydrogen-bond acceptors (Lipinski definition) is 11. The van der Waals surface area contributed by atoms with Crippen molar-refractivity contribution in [1.82, 2.24) is 19.7 Å². The summed E-state index contributed by atoms with van der Waals surface area (Å²) < 4.78 is 25.3. The highest BCUT2D eigenvalue weighted by atomic mass is 16.7. The Morgan fingerprint density at radius 3 is 2.56 bits per heavy atom. The molecule has 4 heterocycles. The molecule has 0 radical (unpaired) electrons. The van der Waals surface area contributed by atoms with E-state index in [0.717, 1.165) is 64.1 Å². The summed E-state index contributed by atoms with van der Waals surface area (Å²) in [4.78, 5) is 39.7. The van der Waals surface area contributed by atoms with Crippen molar-refractivity contribution in [3.05, 3.63) is 29.6 Å². The first-order chi connectivity index (χ1) is 23.6. The normalized spacial score (nSPS) is 35.1. The molecule has 9 atom stereocenters. The highest BCUT2D eigenvalue weighted by Crippen LogP contribution is 2.38. The number of cyclic esters (lactones) is 1. The van der Waals surface area contributed by atoms with Gasteiger partial charge in [0.2, 0.25) is 0 Å². The Hall–Kier alpha value is -1.99. The number of likely N-dealkylation sites (N-methyl/N-ethyl adjacent to an activating group) is 1. The molecule has 0 aromatic carbocycles. The molecule has 284 valence electrons. The van der Waals surface area contributed by atoms with Crippen molar-refractivity contribution < 1.29 is 33.6 Å². The van der Waals surface area contributed by atoms with Crippen LogP contribution in [0.15, 0.2) is 18.3 Å². The van der Waals surface area contributed by atoms with Crippen LogP contribution in [0.25, 0.3) is 0 Å². The van der Waals surface area contributed by atoms with Gasteiger partial charge in [-0.2, -0.15) is 0 Å². The van der Waals surface area contributed by atoms with E-state index in [1.54, 1.807) is 27.9 Å². The fourth-order valence-corrected chi connectivity index (χ4v) is 8.46. The number of ether oxygens (including phenoxy) is 4. The number of aliphatic hydroxyl groups is 1. The Labute approximate surface area is 301 Å². The number of methoxy groups -OCH3 is 1. The molecule has 11 nitrogen and oxygen atoms in total. The molecule has 1 N–H and O–H groups in total. The lowest BCUT2D eigenvalue weighted by Gasteiger charge is -2.47. The van der Waals surface area contributed by atoms with Crippen molar-refractivity contribution in [3.63, 3.8) is 0 Å². The number of aliphatic hydroxyl groups excluding tert-OH is 1. The lowest BCUT2D eigenvalue weighted by atomic mass is 9.74.